The Balaban J connectivity index is 1.41. The number of ether oxygens (including phenoxy) is 3. The highest BCUT2D eigenvalue weighted by Gasteiger charge is 2.28. The number of pyridine rings is 1. The van der Waals surface area contributed by atoms with E-state index in [-0.39, 0.29) is 17.3 Å². The molecule has 0 spiro atoms. The Labute approximate surface area is 189 Å². The molecule has 0 aliphatic carbocycles. The smallest absolute Gasteiger partial charge is 0.347 e. The highest BCUT2D eigenvalue weighted by atomic mass is 16.5. The lowest BCUT2D eigenvalue weighted by molar-refractivity contribution is 0.0734. The minimum absolute atomic E-state index is 0.182. The number of esters is 1. The first-order valence-electron chi connectivity index (χ1n) is 10.4. The summed E-state index contributed by atoms with van der Waals surface area (Å²) < 4.78 is 22.6. The van der Waals surface area contributed by atoms with Crippen LogP contribution in [0.25, 0.3) is 17.0 Å². The number of ketones is 1. The summed E-state index contributed by atoms with van der Waals surface area (Å²) in [4.78, 5) is 29.7. The molecule has 3 heterocycles. The van der Waals surface area contributed by atoms with Crippen LogP contribution < -0.4 is 14.2 Å². The van der Waals surface area contributed by atoms with Crippen LogP contribution in [0.15, 0.2) is 71.1 Å². The van der Waals surface area contributed by atoms with Crippen LogP contribution in [-0.4, -0.2) is 23.3 Å². The largest absolute Gasteiger partial charge is 0.494 e. The van der Waals surface area contributed by atoms with Crippen molar-refractivity contribution in [1.82, 2.24) is 4.98 Å². The summed E-state index contributed by atoms with van der Waals surface area (Å²) in [5, 5.41) is 0.609. The van der Waals surface area contributed by atoms with E-state index in [1.807, 2.05) is 13.0 Å². The molecule has 164 valence electrons. The maximum atomic E-state index is 13.0. The van der Waals surface area contributed by atoms with E-state index in [2.05, 4.69) is 4.98 Å². The quantitative estimate of drug-likeness (QED) is 0.234. The molecule has 5 rings (SSSR count). The van der Waals surface area contributed by atoms with E-state index in [4.69, 9.17) is 18.6 Å². The predicted molar refractivity (Wildman–Crippen MR) is 121 cm³/mol. The van der Waals surface area contributed by atoms with Gasteiger partial charge in [-0.2, -0.15) is 0 Å². The standard InChI is InChI=1S/C26H19NO6/c1-3-30-17-7-9-21-20(12-17)24(15(2)31-21)26(29)32-18-6-8-19-22(13-18)33-23(25(19)28)11-16-5-4-10-27-14-16/h4-14H,3H2,1-2H3. The van der Waals surface area contributed by atoms with Crippen LogP contribution in [0, 0.1) is 6.92 Å². The van der Waals surface area contributed by atoms with E-state index >= 15 is 0 Å². The van der Waals surface area contributed by atoms with Gasteiger partial charge in [0.15, 0.2) is 5.76 Å². The average Bonchev–Trinajstić information content (AvgIpc) is 3.30. The summed E-state index contributed by atoms with van der Waals surface area (Å²) in [5.41, 5.74) is 2.03. The maximum Gasteiger partial charge on any atom is 0.347 e. The molecule has 0 saturated carbocycles. The molecule has 7 nitrogen and oxygen atoms in total. The monoisotopic (exact) mass is 441 g/mol. The van der Waals surface area contributed by atoms with Gasteiger partial charge in [-0.05, 0) is 61.9 Å². The van der Waals surface area contributed by atoms with Crippen molar-refractivity contribution in [2.45, 2.75) is 13.8 Å². The number of Topliss-reactive ketones (excluding diaryl/α,β-unsaturated/α-hetero) is 1. The third-order valence-corrected chi connectivity index (χ3v) is 5.18. The number of aromatic nitrogens is 1. The summed E-state index contributed by atoms with van der Waals surface area (Å²) in [6, 6.07) is 13.6. The summed E-state index contributed by atoms with van der Waals surface area (Å²) in [7, 11) is 0. The minimum Gasteiger partial charge on any atom is -0.494 e. The van der Waals surface area contributed by atoms with Crippen LogP contribution in [0.2, 0.25) is 0 Å². The van der Waals surface area contributed by atoms with Crippen LogP contribution in [-0.2, 0) is 0 Å². The van der Waals surface area contributed by atoms with Gasteiger partial charge in [-0.3, -0.25) is 9.78 Å². The van der Waals surface area contributed by atoms with Crippen LogP contribution in [0.1, 0.15) is 39.0 Å². The Bertz CT molecular complexity index is 1420. The van der Waals surface area contributed by atoms with Crippen molar-refractivity contribution in [3.63, 3.8) is 0 Å². The molecule has 0 fully saturated rings. The molecule has 0 N–H and O–H groups in total. The fraction of sp³-hybridized carbons (Fsp3) is 0.115. The maximum absolute atomic E-state index is 13.0. The number of hydrogen-bond donors (Lipinski definition) is 0. The first kappa shape index (κ1) is 20.5. The Hall–Kier alpha value is -4.39. The predicted octanol–water partition coefficient (Wildman–Crippen LogP) is 5.37. The van der Waals surface area contributed by atoms with Gasteiger partial charge in [0.05, 0.1) is 12.2 Å². The van der Waals surface area contributed by atoms with E-state index in [0.717, 1.165) is 5.56 Å². The van der Waals surface area contributed by atoms with Gasteiger partial charge in [-0.15, -0.1) is 0 Å². The Morgan fingerprint density at radius 1 is 1.12 bits per heavy atom. The number of carbonyl (C=O) groups is 2. The molecule has 0 radical (unpaired) electrons. The number of carbonyl (C=O) groups excluding carboxylic acids is 2. The molecule has 0 bridgehead atoms. The number of hydrogen-bond acceptors (Lipinski definition) is 7. The van der Waals surface area contributed by atoms with E-state index < -0.39 is 5.97 Å². The number of nitrogens with zero attached hydrogens (tertiary/aromatic N) is 1. The van der Waals surface area contributed by atoms with Crippen LogP contribution in [0.5, 0.6) is 17.2 Å². The first-order valence-corrected chi connectivity index (χ1v) is 10.4. The van der Waals surface area contributed by atoms with Gasteiger partial charge in [0.2, 0.25) is 5.78 Å². The zero-order chi connectivity index (χ0) is 22.9. The summed E-state index contributed by atoms with van der Waals surface area (Å²) in [6.45, 7) is 4.10. The molecule has 2 aromatic heterocycles. The summed E-state index contributed by atoms with van der Waals surface area (Å²) in [6.07, 6.45) is 4.91. The number of fused-ring (bicyclic) bond motifs is 2. The fourth-order valence-corrected chi connectivity index (χ4v) is 3.71. The highest BCUT2D eigenvalue weighted by molar-refractivity contribution is 6.14. The molecule has 2 aromatic carbocycles. The van der Waals surface area contributed by atoms with Crippen LogP contribution >= 0.6 is 0 Å². The Morgan fingerprint density at radius 2 is 1.97 bits per heavy atom. The lowest BCUT2D eigenvalue weighted by Gasteiger charge is -2.06. The zero-order valence-electron chi connectivity index (χ0n) is 18.0. The van der Waals surface area contributed by atoms with Crippen molar-refractivity contribution < 1.29 is 28.2 Å². The van der Waals surface area contributed by atoms with Gasteiger partial charge in [0.1, 0.15) is 34.2 Å². The number of furan rings is 1. The fourth-order valence-electron chi connectivity index (χ4n) is 3.71. The first-order chi connectivity index (χ1) is 16.0. The van der Waals surface area contributed by atoms with Crippen molar-refractivity contribution in [3.8, 4) is 17.2 Å². The van der Waals surface area contributed by atoms with E-state index in [9.17, 15) is 9.59 Å². The van der Waals surface area contributed by atoms with Gasteiger partial charge in [0, 0.05) is 23.8 Å². The normalized spacial score (nSPS) is 13.8. The summed E-state index contributed by atoms with van der Waals surface area (Å²) in [5.74, 6) is 1.02. The summed E-state index contributed by atoms with van der Waals surface area (Å²) >= 11 is 0. The molecular formula is C26H19NO6. The van der Waals surface area contributed by atoms with Gasteiger partial charge < -0.3 is 18.6 Å². The van der Waals surface area contributed by atoms with Crippen molar-refractivity contribution >= 4 is 28.8 Å². The highest BCUT2D eigenvalue weighted by Crippen LogP contribution is 2.36. The molecule has 33 heavy (non-hydrogen) atoms. The zero-order valence-corrected chi connectivity index (χ0v) is 18.0. The molecule has 0 unspecified atom stereocenters. The van der Waals surface area contributed by atoms with Gasteiger partial charge in [0.25, 0.3) is 0 Å². The average molecular weight is 441 g/mol. The van der Waals surface area contributed by atoms with Crippen molar-refractivity contribution in [2.24, 2.45) is 0 Å². The minimum atomic E-state index is -0.574. The third kappa shape index (κ3) is 3.85. The van der Waals surface area contributed by atoms with E-state index in [1.54, 1.807) is 61.8 Å². The van der Waals surface area contributed by atoms with Crippen molar-refractivity contribution in [2.75, 3.05) is 6.61 Å². The van der Waals surface area contributed by atoms with Gasteiger partial charge in [-0.25, -0.2) is 4.79 Å². The van der Waals surface area contributed by atoms with Crippen molar-refractivity contribution in [3.05, 3.63) is 89.1 Å². The Kier molecular flexibility index (Phi) is 5.14. The molecule has 1 aliphatic rings. The molecule has 1 aliphatic heterocycles. The van der Waals surface area contributed by atoms with Crippen LogP contribution in [0.4, 0.5) is 0 Å². The van der Waals surface area contributed by atoms with Gasteiger partial charge >= 0.3 is 5.97 Å². The number of aryl methyl sites for hydroxylation is 1. The van der Waals surface area contributed by atoms with Gasteiger partial charge in [-0.1, -0.05) is 6.07 Å². The second kappa shape index (κ2) is 8.27. The molecule has 0 saturated heterocycles. The second-order valence-electron chi connectivity index (χ2n) is 7.40. The van der Waals surface area contributed by atoms with E-state index in [0.29, 0.717) is 46.0 Å². The Morgan fingerprint density at radius 3 is 2.76 bits per heavy atom. The molecule has 0 amide bonds. The van der Waals surface area contributed by atoms with Crippen LogP contribution in [0.3, 0.4) is 0 Å². The molecular weight excluding hydrogens is 422 g/mol. The van der Waals surface area contributed by atoms with Crippen molar-refractivity contribution in [1.29, 1.82) is 0 Å². The lowest BCUT2D eigenvalue weighted by Crippen LogP contribution is -2.09. The van der Waals surface area contributed by atoms with E-state index in [1.165, 1.54) is 6.07 Å². The topological polar surface area (TPSA) is 87.9 Å². The number of rotatable bonds is 5. The third-order valence-electron chi connectivity index (χ3n) is 5.18. The lowest BCUT2D eigenvalue weighted by atomic mass is 10.1. The molecule has 7 heteroatoms. The molecule has 0 atom stereocenters. The number of benzene rings is 2. The SMILES string of the molecule is CCOc1ccc2oc(C)c(C(=O)Oc3ccc4c(c3)OC(=Cc3cccnc3)C4=O)c2c1. The molecule has 4 aromatic rings. The number of allylic oxidation sites excluding steroid dienone is 1. The second-order valence-corrected chi connectivity index (χ2v) is 7.40.